The molecular weight excluding hydrogens is 368 g/mol. The standard InChI is InChI=1S/C20H21ClN2O4/c1-25-18-6-3-13(9-19(18)26-2)12-27-20(24)22-8-7-14-11-23-17-5-4-15(21)10-16(14)17/h3-6,9-11,23H,7-8,12H2,1-2H3,(H,22,24). The van der Waals surface area contributed by atoms with Crippen LogP contribution in [0.3, 0.4) is 0 Å². The van der Waals surface area contributed by atoms with Crippen molar-refractivity contribution in [3.8, 4) is 11.5 Å². The fraction of sp³-hybridized carbons (Fsp3) is 0.250. The van der Waals surface area contributed by atoms with Gasteiger partial charge in [0.05, 0.1) is 14.2 Å². The molecule has 142 valence electrons. The van der Waals surface area contributed by atoms with Crippen molar-refractivity contribution >= 4 is 28.6 Å². The van der Waals surface area contributed by atoms with E-state index in [1.807, 2.05) is 30.5 Å². The summed E-state index contributed by atoms with van der Waals surface area (Å²) in [6.07, 6.45) is 2.13. The molecule has 0 atom stereocenters. The molecule has 6 nitrogen and oxygen atoms in total. The number of methoxy groups -OCH3 is 2. The van der Waals surface area contributed by atoms with Crippen molar-refractivity contribution in [3.05, 3.63) is 58.7 Å². The van der Waals surface area contributed by atoms with E-state index in [1.54, 1.807) is 26.4 Å². The van der Waals surface area contributed by atoms with E-state index >= 15 is 0 Å². The SMILES string of the molecule is COc1ccc(COC(=O)NCCc2c[nH]c3ccc(Cl)cc23)cc1OC. The first kappa shape index (κ1) is 18.9. The maximum Gasteiger partial charge on any atom is 0.407 e. The van der Waals surface area contributed by atoms with Gasteiger partial charge in [-0.05, 0) is 47.9 Å². The number of aromatic amines is 1. The van der Waals surface area contributed by atoms with Gasteiger partial charge in [-0.1, -0.05) is 17.7 Å². The number of H-pyrrole nitrogens is 1. The Morgan fingerprint density at radius 3 is 2.70 bits per heavy atom. The summed E-state index contributed by atoms with van der Waals surface area (Å²) < 4.78 is 15.7. The van der Waals surface area contributed by atoms with E-state index in [2.05, 4.69) is 10.3 Å². The van der Waals surface area contributed by atoms with E-state index in [0.717, 1.165) is 22.0 Å². The highest BCUT2D eigenvalue weighted by atomic mass is 35.5. The van der Waals surface area contributed by atoms with Crippen LogP contribution >= 0.6 is 11.6 Å². The summed E-state index contributed by atoms with van der Waals surface area (Å²) in [7, 11) is 3.14. The largest absolute Gasteiger partial charge is 0.493 e. The van der Waals surface area contributed by atoms with Gasteiger partial charge in [-0.3, -0.25) is 0 Å². The van der Waals surface area contributed by atoms with Gasteiger partial charge in [-0.2, -0.15) is 0 Å². The number of amides is 1. The van der Waals surface area contributed by atoms with Crippen LogP contribution in [0.15, 0.2) is 42.6 Å². The van der Waals surface area contributed by atoms with Gasteiger partial charge >= 0.3 is 6.09 Å². The minimum absolute atomic E-state index is 0.148. The number of nitrogens with one attached hydrogen (secondary N) is 2. The first-order valence-electron chi connectivity index (χ1n) is 8.47. The van der Waals surface area contributed by atoms with Gasteiger partial charge in [0.2, 0.25) is 0 Å². The third-order valence-electron chi connectivity index (χ3n) is 4.21. The lowest BCUT2D eigenvalue weighted by Gasteiger charge is -2.10. The number of alkyl carbamates (subject to hydrolysis) is 1. The monoisotopic (exact) mass is 388 g/mol. The first-order chi connectivity index (χ1) is 13.1. The first-order valence-corrected chi connectivity index (χ1v) is 8.85. The molecule has 0 saturated heterocycles. The number of aromatic nitrogens is 1. The topological polar surface area (TPSA) is 72.6 Å². The van der Waals surface area contributed by atoms with Gasteiger partial charge in [0.25, 0.3) is 0 Å². The zero-order chi connectivity index (χ0) is 19.2. The van der Waals surface area contributed by atoms with E-state index in [4.69, 9.17) is 25.8 Å². The molecule has 1 heterocycles. The summed E-state index contributed by atoms with van der Waals surface area (Å²) in [5, 5.41) is 4.50. The van der Waals surface area contributed by atoms with E-state index in [1.165, 1.54) is 0 Å². The fourth-order valence-electron chi connectivity index (χ4n) is 2.83. The molecule has 2 N–H and O–H groups in total. The lowest BCUT2D eigenvalue weighted by molar-refractivity contribution is 0.139. The Hall–Kier alpha value is -2.86. The van der Waals surface area contributed by atoms with Crippen LogP contribution in [0.4, 0.5) is 4.79 Å². The molecular formula is C20H21ClN2O4. The Morgan fingerprint density at radius 1 is 1.11 bits per heavy atom. The highest BCUT2D eigenvalue weighted by Crippen LogP contribution is 2.27. The molecule has 1 amide bonds. The van der Waals surface area contributed by atoms with E-state index in [-0.39, 0.29) is 6.61 Å². The smallest absolute Gasteiger partial charge is 0.407 e. The average Bonchev–Trinajstić information content (AvgIpc) is 3.08. The van der Waals surface area contributed by atoms with Gasteiger partial charge in [0, 0.05) is 28.7 Å². The van der Waals surface area contributed by atoms with Gasteiger partial charge in [0.15, 0.2) is 11.5 Å². The zero-order valence-corrected chi connectivity index (χ0v) is 15.9. The number of hydrogen-bond acceptors (Lipinski definition) is 4. The highest BCUT2D eigenvalue weighted by Gasteiger charge is 2.08. The number of halogens is 1. The van der Waals surface area contributed by atoms with Crippen molar-refractivity contribution in [2.75, 3.05) is 20.8 Å². The summed E-state index contributed by atoms with van der Waals surface area (Å²) in [5.41, 5.74) is 2.92. The quantitative estimate of drug-likeness (QED) is 0.632. The minimum Gasteiger partial charge on any atom is -0.493 e. The third-order valence-corrected chi connectivity index (χ3v) is 4.45. The number of ether oxygens (including phenoxy) is 3. The van der Waals surface area contributed by atoms with Crippen molar-refractivity contribution in [2.45, 2.75) is 13.0 Å². The summed E-state index contributed by atoms with van der Waals surface area (Å²) in [6.45, 7) is 0.610. The normalized spacial score (nSPS) is 10.6. The number of fused-ring (bicyclic) bond motifs is 1. The summed E-state index contributed by atoms with van der Waals surface area (Å²) >= 11 is 6.05. The molecule has 0 aliphatic rings. The van der Waals surface area contributed by atoms with Crippen LogP contribution in [0.25, 0.3) is 10.9 Å². The number of benzene rings is 2. The lowest BCUT2D eigenvalue weighted by atomic mass is 10.1. The molecule has 27 heavy (non-hydrogen) atoms. The summed E-state index contributed by atoms with van der Waals surface area (Å²) in [4.78, 5) is 15.1. The second-order valence-electron chi connectivity index (χ2n) is 5.95. The average molecular weight is 389 g/mol. The maximum atomic E-state index is 11.9. The van der Waals surface area contributed by atoms with Crippen LogP contribution in [-0.2, 0) is 17.8 Å². The summed E-state index contributed by atoms with van der Waals surface area (Å²) in [6, 6.07) is 11.1. The van der Waals surface area contributed by atoms with Crippen LogP contribution < -0.4 is 14.8 Å². The van der Waals surface area contributed by atoms with Crippen molar-refractivity contribution < 1.29 is 19.0 Å². The van der Waals surface area contributed by atoms with Gasteiger partial charge in [0.1, 0.15) is 6.61 Å². The molecule has 0 fully saturated rings. The third kappa shape index (κ3) is 4.65. The minimum atomic E-state index is -0.470. The highest BCUT2D eigenvalue weighted by molar-refractivity contribution is 6.31. The fourth-order valence-corrected chi connectivity index (χ4v) is 3.00. The Kier molecular flexibility index (Phi) is 6.08. The molecule has 0 aliphatic carbocycles. The Morgan fingerprint density at radius 2 is 1.93 bits per heavy atom. The number of hydrogen-bond donors (Lipinski definition) is 2. The second kappa shape index (κ2) is 8.68. The molecule has 3 aromatic rings. The predicted octanol–water partition coefficient (Wildman–Crippen LogP) is 4.31. The Bertz CT molecular complexity index is 939. The van der Waals surface area contributed by atoms with Crippen molar-refractivity contribution in [2.24, 2.45) is 0 Å². The van der Waals surface area contributed by atoms with Crippen molar-refractivity contribution in [3.63, 3.8) is 0 Å². The van der Waals surface area contributed by atoms with Crippen LogP contribution in [0.2, 0.25) is 5.02 Å². The lowest BCUT2D eigenvalue weighted by Crippen LogP contribution is -2.26. The predicted molar refractivity (Wildman–Crippen MR) is 105 cm³/mol. The maximum absolute atomic E-state index is 11.9. The van der Waals surface area contributed by atoms with Crippen LogP contribution in [0.1, 0.15) is 11.1 Å². The van der Waals surface area contributed by atoms with E-state index < -0.39 is 6.09 Å². The molecule has 0 aliphatic heterocycles. The molecule has 3 rings (SSSR count). The van der Waals surface area contributed by atoms with E-state index in [9.17, 15) is 4.79 Å². The van der Waals surface area contributed by atoms with Crippen LogP contribution in [-0.4, -0.2) is 31.8 Å². The van der Waals surface area contributed by atoms with Gasteiger partial charge in [-0.15, -0.1) is 0 Å². The summed E-state index contributed by atoms with van der Waals surface area (Å²) in [5.74, 6) is 1.22. The number of carbonyl (C=O) groups is 1. The molecule has 0 radical (unpaired) electrons. The zero-order valence-electron chi connectivity index (χ0n) is 15.2. The molecule has 0 spiro atoms. The molecule has 0 bridgehead atoms. The Balaban J connectivity index is 1.49. The molecule has 0 saturated carbocycles. The second-order valence-corrected chi connectivity index (χ2v) is 6.38. The molecule has 1 aromatic heterocycles. The Labute approximate surface area is 162 Å². The number of rotatable bonds is 7. The number of carbonyl (C=O) groups excluding carboxylic acids is 1. The van der Waals surface area contributed by atoms with Gasteiger partial charge < -0.3 is 24.5 Å². The van der Waals surface area contributed by atoms with Crippen LogP contribution in [0.5, 0.6) is 11.5 Å². The molecule has 2 aromatic carbocycles. The molecule has 7 heteroatoms. The van der Waals surface area contributed by atoms with Gasteiger partial charge in [-0.25, -0.2) is 4.79 Å². The van der Waals surface area contributed by atoms with Crippen LogP contribution in [0, 0.1) is 0 Å². The van der Waals surface area contributed by atoms with Crippen molar-refractivity contribution in [1.82, 2.24) is 10.3 Å². The van der Waals surface area contributed by atoms with Crippen molar-refractivity contribution in [1.29, 1.82) is 0 Å². The molecule has 0 unspecified atom stereocenters. The van der Waals surface area contributed by atoms with E-state index in [0.29, 0.717) is 29.5 Å².